The maximum absolute atomic E-state index is 13.1. The number of esters is 1. The number of halogens is 3. The number of alkyl halides is 3. The van der Waals surface area contributed by atoms with E-state index in [2.05, 4.69) is 20.0 Å². The first-order chi connectivity index (χ1) is 10.4. The Morgan fingerprint density at radius 2 is 2.00 bits per heavy atom. The molecule has 0 bridgehead atoms. The summed E-state index contributed by atoms with van der Waals surface area (Å²) >= 11 is 0. The molecule has 0 spiro atoms. The highest BCUT2D eigenvalue weighted by molar-refractivity contribution is 5.90. The maximum atomic E-state index is 13.1. The molecule has 3 heterocycles. The molecule has 0 saturated carbocycles. The third-order valence-corrected chi connectivity index (χ3v) is 4.12. The molecule has 2 aliphatic heterocycles. The zero-order valence-corrected chi connectivity index (χ0v) is 11.9. The number of hydrogen-bond donors (Lipinski definition) is 1. The summed E-state index contributed by atoms with van der Waals surface area (Å²) < 4.78 is 43.7. The molecule has 0 radical (unpaired) electrons. The molecule has 2 atom stereocenters. The van der Waals surface area contributed by atoms with Crippen molar-refractivity contribution in [2.24, 2.45) is 11.8 Å². The quantitative estimate of drug-likeness (QED) is 0.819. The van der Waals surface area contributed by atoms with Crippen LogP contribution in [0.15, 0.2) is 6.20 Å². The second kappa shape index (κ2) is 5.38. The highest BCUT2D eigenvalue weighted by Crippen LogP contribution is 2.33. The van der Waals surface area contributed by atoms with Crippen LogP contribution >= 0.6 is 0 Å². The Labute approximate surface area is 124 Å². The van der Waals surface area contributed by atoms with Gasteiger partial charge < -0.3 is 15.0 Å². The molecule has 3 rings (SSSR count). The molecule has 2 fully saturated rings. The lowest BCUT2D eigenvalue weighted by Crippen LogP contribution is -2.28. The summed E-state index contributed by atoms with van der Waals surface area (Å²) in [7, 11) is 1.02. The summed E-state index contributed by atoms with van der Waals surface area (Å²) in [6.45, 7) is 2.94. The number of methoxy groups -OCH3 is 1. The van der Waals surface area contributed by atoms with E-state index in [4.69, 9.17) is 0 Å². The number of nitrogens with zero attached hydrogens (tertiary/aromatic N) is 3. The van der Waals surface area contributed by atoms with Crippen LogP contribution in [0, 0.1) is 11.8 Å². The first-order valence-electron chi connectivity index (χ1n) is 6.88. The van der Waals surface area contributed by atoms with E-state index in [1.807, 2.05) is 0 Å². The van der Waals surface area contributed by atoms with Crippen LogP contribution in [0.3, 0.4) is 0 Å². The highest BCUT2D eigenvalue weighted by atomic mass is 19.4. The Morgan fingerprint density at radius 3 is 2.55 bits per heavy atom. The summed E-state index contributed by atoms with van der Waals surface area (Å²) in [6, 6.07) is 0. The molecule has 120 valence electrons. The maximum Gasteiger partial charge on any atom is 0.434 e. The van der Waals surface area contributed by atoms with Gasteiger partial charge in [-0.25, -0.2) is 14.8 Å². The number of fused-ring (bicyclic) bond motifs is 1. The number of carbonyl (C=O) groups excluding carboxylic acids is 1. The van der Waals surface area contributed by atoms with Crippen LogP contribution in [0.2, 0.25) is 0 Å². The van der Waals surface area contributed by atoms with Gasteiger partial charge in [0.1, 0.15) is 5.56 Å². The number of hydrogen-bond acceptors (Lipinski definition) is 6. The van der Waals surface area contributed by atoms with E-state index in [0.29, 0.717) is 24.9 Å². The second-order valence-electron chi connectivity index (χ2n) is 5.51. The van der Waals surface area contributed by atoms with Crippen LogP contribution in [0.4, 0.5) is 19.1 Å². The molecule has 9 heteroatoms. The van der Waals surface area contributed by atoms with Gasteiger partial charge in [-0.1, -0.05) is 0 Å². The van der Waals surface area contributed by atoms with E-state index < -0.39 is 23.4 Å². The Balaban J connectivity index is 1.92. The first-order valence-corrected chi connectivity index (χ1v) is 6.88. The number of nitrogens with one attached hydrogen (secondary N) is 1. The molecule has 1 aromatic heterocycles. The molecule has 2 aliphatic rings. The van der Waals surface area contributed by atoms with Gasteiger partial charge in [-0.15, -0.1) is 0 Å². The second-order valence-corrected chi connectivity index (χ2v) is 5.51. The van der Waals surface area contributed by atoms with Crippen LogP contribution in [0.5, 0.6) is 0 Å². The number of aromatic nitrogens is 2. The molecular formula is C13H15F3N4O2. The number of rotatable bonds is 2. The smallest absolute Gasteiger partial charge is 0.434 e. The topological polar surface area (TPSA) is 67.3 Å². The zero-order chi connectivity index (χ0) is 15.9. The average molecular weight is 316 g/mol. The lowest BCUT2D eigenvalue weighted by atomic mass is 10.0. The SMILES string of the molecule is COC(=O)c1cnc(N2CC3CNCC3C2)nc1C(F)(F)F. The van der Waals surface area contributed by atoms with Gasteiger partial charge in [-0.05, 0) is 11.8 Å². The highest BCUT2D eigenvalue weighted by Gasteiger charge is 2.41. The molecule has 0 aromatic carbocycles. The van der Waals surface area contributed by atoms with Gasteiger partial charge in [-0.3, -0.25) is 0 Å². The predicted octanol–water partition coefficient (Wildman–Crippen LogP) is 0.938. The van der Waals surface area contributed by atoms with E-state index in [1.54, 1.807) is 4.90 Å². The minimum atomic E-state index is -4.74. The number of anilines is 1. The van der Waals surface area contributed by atoms with E-state index >= 15 is 0 Å². The van der Waals surface area contributed by atoms with Crippen LogP contribution < -0.4 is 10.2 Å². The third-order valence-electron chi connectivity index (χ3n) is 4.12. The standard InChI is InChI=1S/C13H15F3N4O2/c1-22-11(21)9-4-18-12(19-10(9)13(14,15)16)20-5-7-2-17-3-8(7)6-20/h4,7-8,17H,2-3,5-6H2,1H3. The van der Waals surface area contributed by atoms with Crippen molar-refractivity contribution in [2.75, 3.05) is 38.2 Å². The fourth-order valence-electron chi connectivity index (χ4n) is 3.02. The minimum Gasteiger partial charge on any atom is -0.465 e. The Morgan fingerprint density at radius 1 is 1.36 bits per heavy atom. The van der Waals surface area contributed by atoms with E-state index in [-0.39, 0.29) is 5.95 Å². The van der Waals surface area contributed by atoms with Crippen LogP contribution in [0.1, 0.15) is 16.1 Å². The number of carbonyl (C=O) groups is 1. The molecule has 1 N–H and O–H groups in total. The fraction of sp³-hybridized carbons (Fsp3) is 0.615. The van der Waals surface area contributed by atoms with E-state index in [1.165, 1.54) is 0 Å². The van der Waals surface area contributed by atoms with Crippen molar-refractivity contribution < 1.29 is 22.7 Å². The molecule has 1 aromatic rings. The largest absolute Gasteiger partial charge is 0.465 e. The van der Waals surface area contributed by atoms with Crippen molar-refractivity contribution in [3.05, 3.63) is 17.5 Å². The Kier molecular flexibility index (Phi) is 3.67. The molecule has 2 saturated heterocycles. The van der Waals surface area contributed by atoms with Crippen LogP contribution in [-0.4, -0.2) is 49.2 Å². The first kappa shape index (κ1) is 15.0. The molecular weight excluding hydrogens is 301 g/mol. The van der Waals surface area contributed by atoms with E-state index in [9.17, 15) is 18.0 Å². The Hall–Kier alpha value is -1.90. The van der Waals surface area contributed by atoms with Gasteiger partial charge in [0.15, 0.2) is 5.69 Å². The van der Waals surface area contributed by atoms with Crippen LogP contribution in [0.25, 0.3) is 0 Å². The summed E-state index contributed by atoms with van der Waals surface area (Å²) in [4.78, 5) is 20.7. The van der Waals surface area contributed by atoms with Gasteiger partial charge in [0.25, 0.3) is 0 Å². The van der Waals surface area contributed by atoms with Gasteiger partial charge in [0.05, 0.1) is 7.11 Å². The van der Waals surface area contributed by atoms with Gasteiger partial charge in [0, 0.05) is 32.4 Å². The van der Waals surface area contributed by atoms with Crippen molar-refractivity contribution >= 4 is 11.9 Å². The molecule has 22 heavy (non-hydrogen) atoms. The van der Waals surface area contributed by atoms with Crippen molar-refractivity contribution in [2.45, 2.75) is 6.18 Å². The average Bonchev–Trinajstić information content (AvgIpc) is 3.06. The van der Waals surface area contributed by atoms with Gasteiger partial charge in [-0.2, -0.15) is 13.2 Å². The lowest BCUT2D eigenvalue weighted by molar-refractivity contribution is -0.141. The molecule has 0 amide bonds. The van der Waals surface area contributed by atoms with Gasteiger partial charge in [0.2, 0.25) is 5.95 Å². The zero-order valence-electron chi connectivity index (χ0n) is 11.9. The Bertz CT molecular complexity index is 581. The van der Waals surface area contributed by atoms with E-state index in [0.717, 1.165) is 26.4 Å². The third kappa shape index (κ3) is 2.60. The van der Waals surface area contributed by atoms with Crippen molar-refractivity contribution in [1.29, 1.82) is 0 Å². The number of ether oxygens (including phenoxy) is 1. The predicted molar refractivity (Wildman–Crippen MR) is 70.4 cm³/mol. The van der Waals surface area contributed by atoms with Gasteiger partial charge >= 0.3 is 12.1 Å². The van der Waals surface area contributed by atoms with Crippen LogP contribution in [-0.2, 0) is 10.9 Å². The van der Waals surface area contributed by atoms with Crippen molar-refractivity contribution in [1.82, 2.24) is 15.3 Å². The molecule has 6 nitrogen and oxygen atoms in total. The van der Waals surface area contributed by atoms with Crippen molar-refractivity contribution in [3.63, 3.8) is 0 Å². The monoisotopic (exact) mass is 316 g/mol. The molecule has 2 unspecified atom stereocenters. The molecule has 0 aliphatic carbocycles. The minimum absolute atomic E-state index is 0.00868. The summed E-state index contributed by atoms with van der Waals surface area (Å²) in [5.41, 5.74) is -1.92. The normalized spacial score (nSPS) is 24.5. The van der Waals surface area contributed by atoms with Crippen molar-refractivity contribution in [3.8, 4) is 0 Å². The summed E-state index contributed by atoms with van der Waals surface area (Å²) in [5.74, 6) is -0.285. The summed E-state index contributed by atoms with van der Waals surface area (Å²) in [6.07, 6.45) is -3.85. The summed E-state index contributed by atoms with van der Waals surface area (Å²) in [5, 5.41) is 3.25. The fourth-order valence-corrected chi connectivity index (χ4v) is 3.02. The lowest BCUT2D eigenvalue weighted by Gasteiger charge is -2.19.